The number of amides is 2. The quantitative estimate of drug-likeness (QED) is 0.774. The Balaban J connectivity index is 1.56. The highest BCUT2D eigenvalue weighted by molar-refractivity contribution is 5.89. The van der Waals surface area contributed by atoms with E-state index in [0.29, 0.717) is 19.0 Å². The van der Waals surface area contributed by atoms with E-state index in [4.69, 9.17) is 0 Å². The lowest BCUT2D eigenvalue weighted by atomic mass is 10.1. The summed E-state index contributed by atoms with van der Waals surface area (Å²) >= 11 is 0. The molecule has 4 nitrogen and oxygen atoms in total. The smallest absolute Gasteiger partial charge is 0.227 e. The number of carbonyl (C=O) groups is 2. The number of hydrogen-bond donors (Lipinski definition) is 0. The highest BCUT2D eigenvalue weighted by atomic mass is 16.2. The highest BCUT2D eigenvalue weighted by Crippen LogP contribution is 2.32. The summed E-state index contributed by atoms with van der Waals surface area (Å²) in [5.41, 5.74) is 0. The summed E-state index contributed by atoms with van der Waals surface area (Å²) in [5.74, 6) is 1.01. The van der Waals surface area contributed by atoms with Gasteiger partial charge in [-0.05, 0) is 31.6 Å². The van der Waals surface area contributed by atoms with Crippen LogP contribution in [0.1, 0.15) is 44.9 Å². The van der Waals surface area contributed by atoms with Gasteiger partial charge in [0.25, 0.3) is 0 Å². The van der Waals surface area contributed by atoms with Crippen LogP contribution in [-0.2, 0) is 9.59 Å². The monoisotopic (exact) mass is 264 g/mol. The lowest BCUT2D eigenvalue weighted by molar-refractivity contribution is -0.134. The summed E-state index contributed by atoms with van der Waals surface area (Å²) in [4.78, 5) is 28.3. The predicted molar refractivity (Wildman–Crippen MR) is 72.4 cm³/mol. The van der Waals surface area contributed by atoms with Gasteiger partial charge in [-0.2, -0.15) is 0 Å². The molecule has 0 aromatic carbocycles. The van der Waals surface area contributed by atoms with Crippen LogP contribution in [0.2, 0.25) is 0 Å². The zero-order valence-corrected chi connectivity index (χ0v) is 11.8. The molecule has 0 radical (unpaired) electrons. The maximum Gasteiger partial charge on any atom is 0.227 e. The van der Waals surface area contributed by atoms with Crippen LogP contribution in [0.5, 0.6) is 0 Å². The second-order valence-corrected chi connectivity index (χ2v) is 6.55. The van der Waals surface area contributed by atoms with Crippen LogP contribution < -0.4 is 0 Å². The van der Waals surface area contributed by atoms with Gasteiger partial charge in [0.15, 0.2) is 0 Å². The molecule has 0 unspecified atom stereocenters. The molecule has 106 valence electrons. The Morgan fingerprint density at radius 2 is 1.95 bits per heavy atom. The standard InChI is InChI=1S/C15H24N2O2/c1-16(9-11-6-7-11)15(19)12-8-14(18)17(10-12)13-4-2-3-5-13/h11-13H,2-10H2,1H3/t12-/m1/s1. The topological polar surface area (TPSA) is 40.6 Å². The predicted octanol–water partition coefficient (Wildman–Crippen LogP) is 1.65. The highest BCUT2D eigenvalue weighted by Gasteiger charge is 2.40. The van der Waals surface area contributed by atoms with Gasteiger partial charge in [-0.3, -0.25) is 9.59 Å². The van der Waals surface area contributed by atoms with Crippen LogP contribution in [0.25, 0.3) is 0 Å². The van der Waals surface area contributed by atoms with E-state index in [2.05, 4.69) is 0 Å². The van der Waals surface area contributed by atoms with E-state index in [1.54, 1.807) is 0 Å². The lowest BCUT2D eigenvalue weighted by Gasteiger charge is -2.25. The van der Waals surface area contributed by atoms with E-state index >= 15 is 0 Å². The van der Waals surface area contributed by atoms with Crippen molar-refractivity contribution in [2.75, 3.05) is 20.1 Å². The first-order valence-electron chi connectivity index (χ1n) is 7.69. The van der Waals surface area contributed by atoms with Crippen LogP contribution >= 0.6 is 0 Å². The number of rotatable bonds is 4. The van der Waals surface area contributed by atoms with Crippen molar-refractivity contribution in [1.82, 2.24) is 9.80 Å². The molecule has 0 aromatic rings. The average molecular weight is 264 g/mol. The van der Waals surface area contributed by atoms with E-state index in [9.17, 15) is 9.59 Å². The third kappa shape index (κ3) is 2.77. The summed E-state index contributed by atoms with van der Waals surface area (Å²) < 4.78 is 0. The molecule has 2 amide bonds. The fourth-order valence-electron chi connectivity index (χ4n) is 3.56. The first-order chi connectivity index (χ1) is 9.15. The van der Waals surface area contributed by atoms with Crippen molar-refractivity contribution >= 4 is 11.8 Å². The van der Waals surface area contributed by atoms with Crippen molar-refractivity contribution in [2.24, 2.45) is 11.8 Å². The molecular weight excluding hydrogens is 240 g/mol. The zero-order valence-electron chi connectivity index (χ0n) is 11.8. The van der Waals surface area contributed by atoms with Gasteiger partial charge in [0, 0.05) is 32.6 Å². The normalized spacial score (nSPS) is 28.2. The molecule has 0 bridgehead atoms. The molecule has 19 heavy (non-hydrogen) atoms. The largest absolute Gasteiger partial charge is 0.345 e. The van der Waals surface area contributed by atoms with Crippen molar-refractivity contribution in [3.8, 4) is 0 Å². The molecule has 1 heterocycles. The van der Waals surface area contributed by atoms with Crippen molar-refractivity contribution in [2.45, 2.75) is 51.0 Å². The number of hydrogen-bond acceptors (Lipinski definition) is 2. The van der Waals surface area contributed by atoms with Gasteiger partial charge < -0.3 is 9.80 Å². The summed E-state index contributed by atoms with van der Waals surface area (Å²) in [6, 6.07) is 0.416. The van der Waals surface area contributed by atoms with E-state index in [0.717, 1.165) is 25.3 Å². The van der Waals surface area contributed by atoms with Gasteiger partial charge in [-0.15, -0.1) is 0 Å². The van der Waals surface area contributed by atoms with Crippen molar-refractivity contribution in [3.05, 3.63) is 0 Å². The van der Waals surface area contributed by atoms with Crippen molar-refractivity contribution in [3.63, 3.8) is 0 Å². The molecule has 0 aromatic heterocycles. The van der Waals surface area contributed by atoms with Crippen LogP contribution in [0.3, 0.4) is 0 Å². The van der Waals surface area contributed by atoms with Gasteiger partial charge >= 0.3 is 0 Å². The number of nitrogens with zero attached hydrogens (tertiary/aromatic N) is 2. The Morgan fingerprint density at radius 3 is 2.58 bits per heavy atom. The number of likely N-dealkylation sites (tertiary alicyclic amines) is 1. The SMILES string of the molecule is CN(CC1CC1)C(=O)[C@@H]1CC(=O)N(C2CCCC2)C1. The third-order valence-electron chi connectivity index (χ3n) is 4.88. The Bertz CT molecular complexity index is 372. The fraction of sp³-hybridized carbons (Fsp3) is 0.867. The third-order valence-corrected chi connectivity index (χ3v) is 4.88. The minimum absolute atomic E-state index is 0.0863. The van der Waals surface area contributed by atoms with Crippen LogP contribution in [0.4, 0.5) is 0 Å². The van der Waals surface area contributed by atoms with Gasteiger partial charge in [0.2, 0.25) is 11.8 Å². The Kier molecular flexibility index (Phi) is 3.50. The van der Waals surface area contributed by atoms with E-state index < -0.39 is 0 Å². The molecular formula is C15H24N2O2. The van der Waals surface area contributed by atoms with E-state index in [1.807, 2.05) is 16.8 Å². The fourth-order valence-corrected chi connectivity index (χ4v) is 3.56. The first kappa shape index (κ1) is 12.9. The second kappa shape index (κ2) is 5.14. The first-order valence-corrected chi connectivity index (χ1v) is 7.69. The summed E-state index contributed by atoms with van der Waals surface area (Å²) in [7, 11) is 1.89. The van der Waals surface area contributed by atoms with Gasteiger partial charge in [0.05, 0.1) is 5.92 Å². The molecule has 0 spiro atoms. The van der Waals surface area contributed by atoms with Gasteiger partial charge in [-0.1, -0.05) is 12.8 Å². The molecule has 1 aliphatic heterocycles. The van der Waals surface area contributed by atoms with Crippen molar-refractivity contribution in [1.29, 1.82) is 0 Å². The molecule has 0 N–H and O–H groups in total. The lowest BCUT2D eigenvalue weighted by Crippen LogP contribution is -2.38. The second-order valence-electron chi connectivity index (χ2n) is 6.55. The minimum atomic E-state index is -0.0863. The maximum absolute atomic E-state index is 12.4. The van der Waals surface area contributed by atoms with Crippen molar-refractivity contribution < 1.29 is 9.59 Å². The number of carbonyl (C=O) groups excluding carboxylic acids is 2. The maximum atomic E-state index is 12.4. The van der Waals surface area contributed by atoms with Gasteiger partial charge in [-0.25, -0.2) is 0 Å². The van der Waals surface area contributed by atoms with Crippen LogP contribution in [0.15, 0.2) is 0 Å². The Labute approximate surface area is 115 Å². The summed E-state index contributed by atoms with van der Waals surface area (Å²) in [6.45, 7) is 1.55. The molecule has 3 aliphatic rings. The van der Waals surface area contributed by atoms with E-state index in [1.165, 1.54) is 25.7 Å². The van der Waals surface area contributed by atoms with Gasteiger partial charge in [0.1, 0.15) is 0 Å². The Hall–Kier alpha value is -1.06. The van der Waals surface area contributed by atoms with E-state index in [-0.39, 0.29) is 17.7 Å². The molecule has 1 atom stereocenters. The zero-order chi connectivity index (χ0) is 13.4. The molecule has 3 fully saturated rings. The molecule has 3 rings (SSSR count). The average Bonchev–Trinajstić information content (AvgIpc) is 2.91. The molecule has 2 saturated carbocycles. The Morgan fingerprint density at radius 1 is 1.26 bits per heavy atom. The summed E-state index contributed by atoms with van der Waals surface area (Å²) in [5, 5.41) is 0. The minimum Gasteiger partial charge on any atom is -0.345 e. The van der Waals surface area contributed by atoms with Crippen LogP contribution in [-0.4, -0.2) is 47.8 Å². The molecule has 2 aliphatic carbocycles. The molecule has 4 heteroatoms. The summed E-state index contributed by atoms with van der Waals surface area (Å²) in [6.07, 6.45) is 7.67. The molecule has 1 saturated heterocycles. The van der Waals surface area contributed by atoms with Crippen LogP contribution in [0, 0.1) is 11.8 Å².